The molecule has 1 aliphatic carbocycles. The monoisotopic (exact) mass is 311 g/mol. The maximum atomic E-state index is 4.11. The van der Waals surface area contributed by atoms with E-state index in [0.717, 1.165) is 23.4 Å². The topological polar surface area (TPSA) is 3.24 Å². The van der Waals surface area contributed by atoms with E-state index in [1.165, 1.54) is 17.6 Å². The predicted molar refractivity (Wildman–Crippen MR) is 104 cm³/mol. The van der Waals surface area contributed by atoms with Crippen LogP contribution in [0.25, 0.3) is 0 Å². The van der Waals surface area contributed by atoms with Crippen molar-refractivity contribution in [3.05, 3.63) is 72.5 Å². The van der Waals surface area contributed by atoms with E-state index in [1.807, 2.05) is 0 Å². The lowest BCUT2D eigenvalue weighted by Crippen LogP contribution is -2.27. The highest BCUT2D eigenvalue weighted by molar-refractivity contribution is 5.42. The van der Waals surface area contributed by atoms with Crippen molar-refractivity contribution in [2.75, 3.05) is 13.6 Å². The first-order chi connectivity index (χ1) is 10.7. The molecule has 0 heterocycles. The van der Waals surface area contributed by atoms with E-state index in [2.05, 4.69) is 78.1 Å². The second-order valence-corrected chi connectivity index (χ2v) is 7.15. The Bertz CT molecular complexity index is 559. The summed E-state index contributed by atoms with van der Waals surface area (Å²) in [4.78, 5) is 2.19. The van der Waals surface area contributed by atoms with Gasteiger partial charge in [0.2, 0.25) is 0 Å². The summed E-state index contributed by atoms with van der Waals surface area (Å²) < 4.78 is 0. The molecule has 0 saturated carbocycles. The fourth-order valence-corrected chi connectivity index (χ4v) is 3.33. The molecule has 0 aromatic rings. The van der Waals surface area contributed by atoms with Crippen molar-refractivity contribution in [1.82, 2.24) is 4.90 Å². The van der Waals surface area contributed by atoms with Crippen LogP contribution >= 0.6 is 0 Å². The Morgan fingerprint density at radius 3 is 2.43 bits per heavy atom. The van der Waals surface area contributed by atoms with Crippen molar-refractivity contribution >= 4 is 0 Å². The molecule has 1 aliphatic rings. The Morgan fingerprint density at radius 1 is 1.35 bits per heavy atom. The quantitative estimate of drug-likeness (QED) is 0.503. The smallest absolute Gasteiger partial charge is 0.0358 e. The molecule has 23 heavy (non-hydrogen) atoms. The average Bonchev–Trinajstić information content (AvgIpc) is 2.48. The highest BCUT2D eigenvalue weighted by Gasteiger charge is 2.24. The number of likely N-dealkylation sites (N-methyl/N-ethyl adjacent to an activating group) is 1. The summed E-state index contributed by atoms with van der Waals surface area (Å²) in [6.45, 7) is 25.9. The summed E-state index contributed by atoms with van der Waals surface area (Å²) in [5, 5.41) is 0. The van der Waals surface area contributed by atoms with E-state index in [4.69, 9.17) is 0 Å². The van der Waals surface area contributed by atoms with Crippen molar-refractivity contribution in [3.8, 4) is 0 Å². The summed E-state index contributed by atoms with van der Waals surface area (Å²) in [6.07, 6.45) is 7.63. The molecule has 0 amide bonds. The van der Waals surface area contributed by atoms with Crippen LogP contribution in [0.2, 0.25) is 0 Å². The van der Waals surface area contributed by atoms with E-state index >= 15 is 0 Å². The summed E-state index contributed by atoms with van der Waals surface area (Å²) in [6, 6.07) is 0. The van der Waals surface area contributed by atoms with Crippen LogP contribution in [0.4, 0.5) is 0 Å². The van der Waals surface area contributed by atoms with Crippen LogP contribution in [0.3, 0.4) is 0 Å². The van der Waals surface area contributed by atoms with Crippen LogP contribution in [0.1, 0.15) is 34.1 Å². The maximum absolute atomic E-state index is 4.11. The number of hydrogen-bond acceptors (Lipinski definition) is 1. The minimum atomic E-state index is 0.561. The van der Waals surface area contributed by atoms with E-state index < -0.39 is 0 Å². The van der Waals surface area contributed by atoms with Crippen molar-refractivity contribution in [3.63, 3.8) is 0 Å². The van der Waals surface area contributed by atoms with E-state index in [1.54, 1.807) is 6.08 Å². The molecular formula is C22H33N. The van der Waals surface area contributed by atoms with Gasteiger partial charge < -0.3 is 4.90 Å². The normalized spacial score (nSPS) is 21.8. The van der Waals surface area contributed by atoms with Crippen molar-refractivity contribution in [2.24, 2.45) is 17.8 Å². The summed E-state index contributed by atoms with van der Waals surface area (Å²) in [5.74, 6) is 1.76. The Kier molecular flexibility index (Phi) is 6.87. The van der Waals surface area contributed by atoms with E-state index in [9.17, 15) is 0 Å². The van der Waals surface area contributed by atoms with Crippen LogP contribution < -0.4 is 0 Å². The molecule has 0 bridgehead atoms. The van der Waals surface area contributed by atoms with Gasteiger partial charge in [-0.25, -0.2) is 0 Å². The molecule has 126 valence electrons. The summed E-state index contributed by atoms with van der Waals surface area (Å²) in [7, 11) is 2.08. The third-order valence-electron chi connectivity index (χ3n) is 4.86. The van der Waals surface area contributed by atoms with E-state index in [0.29, 0.717) is 17.8 Å². The number of allylic oxidation sites excluding steroid dienone is 6. The maximum Gasteiger partial charge on any atom is 0.0358 e. The van der Waals surface area contributed by atoms with Crippen molar-refractivity contribution in [2.45, 2.75) is 34.1 Å². The lowest BCUT2D eigenvalue weighted by Gasteiger charge is -2.32. The number of rotatable bonds is 8. The minimum Gasteiger partial charge on any atom is -0.374 e. The molecule has 0 aliphatic heterocycles. The summed E-state index contributed by atoms with van der Waals surface area (Å²) >= 11 is 0. The van der Waals surface area contributed by atoms with Crippen LogP contribution in [-0.2, 0) is 0 Å². The Balaban J connectivity index is 2.68. The predicted octanol–water partition coefficient (Wildman–Crippen LogP) is 5.92. The van der Waals surface area contributed by atoms with Crippen LogP contribution in [0, 0.1) is 17.8 Å². The third-order valence-corrected chi connectivity index (χ3v) is 4.86. The zero-order chi connectivity index (χ0) is 17.7. The molecule has 0 fully saturated rings. The van der Waals surface area contributed by atoms with Gasteiger partial charge in [0, 0.05) is 19.3 Å². The van der Waals surface area contributed by atoms with Crippen LogP contribution in [-0.4, -0.2) is 18.5 Å². The largest absolute Gasteiger partial charge is 0.374 e. The first-order valence-electron chi connectivity index (χ1n) is 8.45. The third kappa shape index (κ3) is 5.13. The van der Waals surface area contributed by atoms with Gasteiger partial charge in [0.05, 0.1) is 0 Å². The Morgan fingerprint density at radius 2 is 1.96 bits per heavy atom. The highest BCUT2D eigenvalue weighted by atomic mass is 15.1. The van der Waals surface area contributed by atoms with Crippen molar-refractivity contribution in [1.29, 1.82) is 0 Å². The molecule has 0 aromatic heterocycles. The molecule has 1 rings (SSSR count). The van der Waals surface area contributed by atoms with Gasteiger partial charge in [-0.3, -0.25) is 0 Å². The fraction of sp³-hybridized carbons (Fsp3) is 0.455. The molecule has 3 unspecified atom stereocenters. The zero-order valence-corrected chi connectivity index (χ0v) is 15.7. The van der Waals surface area contributed by atoms with Gasteiger partial charge in [-0.15, -0.1) is 0 Å². The molecule has 1 heteroatoms. The lowest BCUT2D eigenvalue weighted by molar-refractivity contribution is 0.295. The molecule has 3 atom stereocenters. The zero-order valence-electron chi connectivity index (χ0n) is 15.7. The Hall–Kier alpha value is -1.76. The molecule has 0 saturated heterocycles. The SMILES string of the molecule is C=CC(=C)C(=C)N(C)CC(C)CC1C(C)=CC(C(=C)C)=CC1C. The van der Waals surface area contributed by atoms with Gasteiger partial charge in [0.25, 0.3) is 0 Å². The van der Waals surface area contributed by atoms with Gasteiger partial charge >= 0.3 is 0 Å². The van der Waals surface area contributed by atoms with Gasteiger partial charge in [-0.2, -0.15) is 0 Å². The second-order valence-electron chi connectivity index (χ2n) is 7.15. The van der Waals surface area contributed by atoms with E-state index in [-0.39, 0.29) is 0 Å². The van der Waals surface area contributed by atoms with Crippen molar-refractivity contribution < 1.29 is 0 Å². The molecule has 0 radical (unpaired) electrons. The minimum absolute atomic E-state index is 0.561. The molecular weight excluding hydrogens is 278 g/mol. The van der Waals surface area contributed by atoms with Gasteiger partial charge in [0.15, 0.2) is 0 Å². The highest BCUT2D eigenvalue weighted by Crippen LogP contribution is 2.35. The molecule has 0 spiro atoms. The van der Waals surface area contributed by atoms with Gasteiger partial charge in [-0.1, -0.05) is 69.5 Å². The molecule has 0 aromatic carbocycles. The number of hydrogen-bond donors (Lipinski definition) is 0. The first kappa shape index (κ1) is 19.3. The summed E-state index contributed by atoms with van der Waals surface area (Å²) in [5.41, 5.74) is 5.78. The molecule has 1 nitrogen and oxygen atoms in total. The second kappa shape index (κ2) is 8.19. The number of nitrogens with zero attached hydrogens (tertiary/aromatic N) is 1. The van der Waals surface area contributed by atoms with Crippen LogP contribution in [0.15, 0.2) is 72.5 Å². The lowest BCUT2D eigenvalue weighted by atomic mass is 9.76. The van der Waals surface area contributed by atoms with Gasteiger partial charge in [0.1, 0.15) is 0 Å². The average molecular weight is 312 g/mol. The molecule has 0 N–H and O–H groups in total. The van der Waals surface area contributed by atoms with Crippen LogP contribution in [0.5, 0.6) is 0 Å². The van der Waals surface area contributed by atoms with Gasteiger partial charge in [-0.05, 0) is 49.2 Å². The standard InChI is InChI=1S/C22H33N/c1-10-17(5)20(8)23(9)14-16(4)11-22-18(6)12-21(15(2)3)13-19(22)7/h10,12-13,16,18,22H,1-2,5,8,11,14H2,3-4,6-7,9H3. The fourth-order valence-electron chi connectivity index (χ4n) is 3.33. The Labute approximate surface area is 143 Å². The first-order valence-corrected chi connectivity index (χ1v) is 8.45.